The summed E-state index contributed by atoms with van der Waals surface area (Å²) in [7, 11) is 0. The van der Waals surface area contributed by atoms with Gasteiger partial charge in [0.1, 0.15) is 0 Å². The van der Waals surface area contributed by atoms with Gasteiger partial charge in [-0.15, -0.1) is 0 Å². The second-order valence-electron chi connectivity index (χ2n) is 3.02. The molecule has 0 aliphatic heterocycles. The van der Waals surface area contributed by atoms with Crippen molar-refractivity contribution in [1.29, 1.82) is 0 Å². The second-order valence-corrected chi connectivity index (χ2v) is 3.94. The van der Waals surface area contributed by atoms with E-state index in [-0.39, 0.29) is 12.6 Å². The van der Waals surface area contributed by atoms with Crippen molar-refractivity contribution in [3.63, 3.8) is 0 Å². The fourth-order valence-electron chi connectivity index (χ4n) is 1.19. The van der Waals surface area contributed by atoms with Gasteiger partial charge in [0.05, 0.1) is 0 Å². The Morgan fingerprint density at radius 3 is 2.46 bits per heavy atom. The summed E-state index contributed by atoms with van der Waals surface area (Å²) in [6, 6.07) is 8.01. The normalized spacial score (nSPS) is 12.8. The SMILES string of the molecule is N[C@@H](CCCO)c1ccc(Br)cc1. The van der Waals surface area contributed by atoms with Crippen LogP contribution >= 0.6 is 15.9 Å². The van der Waals surface area contributed by atoms with Crippen LogP contribution in [0.5, 0.6) is 0 Å². The third-order valence-electron chi connectivity index (χ3n) is 1.97. The lowest BCUT2D eigenvalue weighted by Gasteiger charge is -2.10. The summed E-state index contributed by atoms with van der Waals surface area (Å²) in [5.41, 5.74) is 7.03. The van der Waals surface area contributed by atoms with Gasteiger partial charge in [0.25, 0.3) is 0 Å². The first-order chi connectivity index (χ1) is 6.24. The van der Waals surface area contributed by atoms with Crippen LogP contribution < -0.4 is 5.73 Å². The average molecular weight is 244 g/mol. The predicted octanol–water partition coefficient (Wildman–Crippen LogP) is 2.22. The monoisotopic (exact) mass is 243 g/mol. The number of aliphatic hydroxyl groups excluding tert-OH is 1. The standard InChI is InChI=1S/C10H14BrNO/c11-9-5-3-8(4-6-9)10(12)2-1-7-13/h3-6,10,13H,1-2,7,12H2/t10-/m0/s1. The van der Waals surface area contributed by atoms with Gasteiger partial charge >= 0.3 is 0 Å². The molecule has 1 atom stereocenters. The van der Waals surface area contributed by atoms with Gasteiger partial charge in [0, 0.05) is 17.1 Å². The van der Waals surface area contributed by atoms with Crippen LogP contribution in [-0.2, 0) is 0 Å². The maximum Gasteiger partial charge on any atom is 0.0431 e. The number of hydrogen-bond donors (Lipinski definition) is 2. The first-order valence-electron chi connectivity index (χ1n) is 4.36. The quantitative estimate of drug-likeness (QED) is 0.853. The number of halogens is 1. The molecule has 0 unspecified atom stereocenters. The highest BCUT2D eigenvalue weighted by Crippen LogP contribution is 2.18. The van der Waals surface area contributed by atoms with E-state index in [9.17, 15) is 0 Å². The molecule has 1 rings (SSSR count). The zero-order valence-electron chi connectivity index (χ0n) is 7.41. The molecule has 0 aromatic heterocycles. The Labute approximate surface area is 86.9 Å². The van der Waals surface area contributed by atoms with Crippen LogP contribution in [0.15, 0.2) is 28.7 Å². The molecule has 1 aromatic carbocycles. The Morgan fingerprint density at radius 2 is 1.92 bits per heavy atom. The molecule has 0 saturated heterocycles. The molecule has 2 nitrogen and oxygen atoms in total. The van der Waals surface area contributed by atoms with Crippen molar-refractivity contribution in [2.24, 2.45) is 5.73 Å². The highest BCUT2D eigenvalue weighted by Gasteiger charge is 2.04. The number of hydrogen-bond acceptors (Lipinski definition) is 2. The first kappa shape index (κ1) is 10.7. The molecular weight excluding hydrogens is 230 g/mol. The molecule has 0 saturated carbocycles. The maximum atomic E-state index is 8.64. The van der Waals surface area contributed by atoms with E-state index in [0.717, 1.165) is 22.9 Å². The Hall–Kier alpha value is -0.380. The molecule has 72 valence electrons. The molecule has 0 fully saturated rings. The predicted molar refractivity (Wildman–Crippen MR) is 57.4 cm³/mol. The van der Waals surface area contributed by atoms with Crippen LogP contribution in [0.3, 0.4) is 0 Å². The Bertz CT molecular complexity index is 248. The van der Waals surface area contributed by atoms with Gasteiger partial charge in [-0.3, -0.25) is 0 Å². The van der Waals surface area contributed by atoms with Gasteiger partial charge in [-0.2, -0.15) is 0 Å². The summed E-state index contributed by atoms with van der Waals surface area (Å²) in [4.78, 5) is 0. The lowest BCUT2D eigenvalue weighted by Crippen LogP contribution is -2.10. The molecule has 0 radical (unpaired) electrons. The van der Waals surface area contributed by atoms with E-state index in [1.165, 1.54) is 0 Å². The second kappa shape index (κ2) is 5.37. The lowest BCUT2D eigenvalue weighted by molar-refractivity contribution is 0.280. The van der Waals surface area contributed by atoms with Crippen LogP contribution in [-0.4, -0.2) is 11.7 Å². The molecule has 0 spiro atoms. The molecule has 3 heteroatoms. The molecule has 3 N–H and O–H groups in total. The molecule has 0 aliphatic rings. The number of nitrogens with two attached hydrogens (primary N) is 1. The molecule has 0 amide bonds. The van der Waals surface area contributed by atoms with Gasteiger partial charge in [0.2, 0.25) is 0 Å². The van der Waals surface area contributed by atoms with Crippen molar-refractivity contribution in [2.45, 2.75) is 18.9 Å². The smallest absolute Gasteiger partial charge is 0.0431 e. The van der Waals surface area contributed by atoms with Crippen LogP contribution in [0, 0.1) is 0 Å². The minimum atomic E-state index is 0.0419. The van der Waals surface area contributed by atoms with E-state index in [1.54, 1.807) is 0 Å². The zero-order valence-corrected chi connectivity index (χ0v) is 9.00. The first-order valence-corrected chi connectivity index (χ1v) is 5.15. The zero-order chi connectivity index (χ0) is 9.68. The molecule has 13 heavy (non-hydrogen) atoms. The summed E-state index contributed by atoms with van der Waals surface area (Å²) < 4.78 is 1.06. The van der Waals surface area contributed by atoms with E-state index >= 15 is 0 Å². The number of benzene rings is 1. The van der Waals surface area contributed by atoms with Crippen molar-refractivity contribution in [1.82, 2.24) is 0 Å². The maximum absolute atomic E-state index is 8.64. The van der Waals surface area contributed by atoms with Crippen molar-refractivity contribution >= 4 is 15.9 Å². The van der Waals surface area contributed by atoms with Crippen molar-refractivity contribution < 1.29 is 5.11 Å². The third kappa shape index (κ3) is 3.46. The summed E-state index contributed by atoms with van der Waals surface area (Å²) in [5.74, 6) is 0. The third-order valence-corrected chi connectivity index (χ3v) is 2.50. The van der Waals surface area contributed by atoms with Crippen LogP contribution in [0.4, 0.5) is 0 Å². The average Bonchev–Trinajstić information content (AvgIpc) is 2.15. The van der Waals surface area contributed by atoms with Gasteiger partial charge in [-0.1, -0.05) is 28.1 Å². The molecule has 0 heterocycles. The van der Waals surface area contributed by atoms with Gasteiger partial charge in [-0.25, -0.2) is 0 Å². The molecule has 0 aliphatic carbocycles. The number of rotatable bonds is 4. The summed E-state index contributed by atoms with van der Waals surface area (Å²) >= 11 is 3.37. The van der Waals surface area contributed by atoms with Crippen molar-refractivity contribution in [3.8, 4) is 0 Å². The van der Waals surface area contributed by atoms with Gasteiger partial charge in [0.15, 0.2) is 0 Å². The molecular formula is C10H14BrNO. The fourth-order valence-corrected chi connectivity index (χ4v) is 1.45. The minimum Gasteiger partial charge on any atom is -0.396 e. The van der Waals surface area contributed by atoms with Crippen molar-refractivity contribution in [2.75, 3.05) is 6.61 Å². The van der Waals surface area contributed by atoms with E-state index in [4.69, 9.17) is 10.8 Å². The van der Waals surface area contributed by atoms with Crippen LogP contribution in [0.25, 0.3) is 0 Å². The largest absolute Gasteiger partial charge is 0.396 e. The summed E-state index contributed by atoms with van der Waals surface area (Å²) in [6.07, 6.45) is 1.59. The Morgan fingerprint density at radius 1 is 1.31 bits per heavy atom. The fraction of sp³-hybridized carbons (Fsp3) is 0.400. The van der Waals surface area contributed by atoms with Crippen molar-refractivity contribution in [3.05, 3.63) is 34.3 Å². The van der Waals surface area contributed by atoms with Gasteiger partial charge < -0.3 is 10.8 Å². The Balaban J connectivity index is 2.55. The van der Waals surface area contributed by atoms with Gasteiger partial charge in [-0.05, 0) is 30.5 Å². The highest BCUT2D eigenvalue weighted by molar-refractivity contribution is 9.10. The molecule has 0 bridgehead atoms. The Kier molecular flexibility index (Phi) is 4.42. The topological polar surface area (TPSA) is 46.2 Å². The van der Waals surface area contributed by atoms with Crippen LogP contribution in [0.1, 0.15) is 24.4 Å². The summed E-state index contributed by atoms with van der Waals surface area (Å²) in [6.45, 7) is 0.213. The van der Waals surface area contributed by atoms with E-state index in [2.05, 4.69) is 15.9 Å². The van der Waals surface area contributed by atoms with E-state index in [0.29, 0.717) is 0 Å². The molecule has 1 aromatic rings. The summed E-state index contributed by atoms with van der Waals surface area (Å²) in [5, 5.41) is 8.64. The van der Waals surface area contributed by atoms with E-state index < -0.39 is 0 Å². The lowest BCUT2D eigenvalue weighted by atomic mass is 10.0. The number of aliphatic hydroxyl groups is 1. The highest BCUT2D eigenvalue weighted by atomic mass is 79.9. The van der Waals surface area contributed by atoms with E-state index in [1.807, 2.05) is 24.3 Å². The minimum absolute atomic E-state index is 0.0419. The van der Waals surface area contributed by atoms with Crippen LogP contribution in [0.2, 0.25) is 0 Å².